The molecule has 0 saturated heterocycles. The minimum absolute atomic E-state index is 0.0664. The molecule has 0 spiro atoms. The van der Waals surface area contributed by atoms with Crippen molar-refractivity contribution in [3.63, 3.8) is 0 Å². The molecule has 0 aliphatic carbocycles. The molecular weight excluding hydrogens is 158 g/mol. The molecule has 0 aromatic heterocycles. The van der Waals surface area contributed by atoms with E-state index in [1.807, 2.05) is 18.5 Å². The number of hydrogen-bond acceptors (Lipinski definition) is 1. The second kappa shape index (κ2) is 4.22. The SMILES string of the molecule is CC/C=C/C1=CC(C)(C)C=NC=C1. The van der Waals surface area contributed by atoms with E-state index >= 15 is 0 Å². The maximum absolute atomic E-state index is 4.19. The van der Waals surface area contributed by atoms with E-state index in [9.17, 15) is 0 Å². The fourth-order valence-corrected chi connectivity index (χ4v) is 1.24. The van der Waals surface area contributed by atoms with Gasteiger partial charge in [-0.25, -0.2) is 0 Å². The molecule has 1 aliphatic heterocycles. The fraction of sp³-hybridized carbons (Fsp3) is 0.417. The van der Waals surface area contributed by atoms with E-state index in [-0.39, 0.29) is 5.41 Å². The van der Waals surface area contributed by atoms with Crippen molar-refractivity contribution in [3.8, 4) is 0 Å². The maximum atomic E-state index is 4.19. The van der Waals surface area contributed by atoms with Crippen molar-refractivity contribution in [1.29, 1.82) is 0 Å². The van der Waals surface area contributed by atoms with Gasteiger partial charge >= 0.3 is 0 Å². The van der Waals surface area contributed by atoms with Crippen LogP contribution in [-0.4, -0.2) is 6.21 Å². The first kappa shape index (κ1) is 9.97. The van der Waals surface area contributed by atoms with Gasteiger partial charge in [-0.3, -0.25) is 4.99 Å². The molecule has 0 aromatic carbocycles. The van der Waals surface area contributed by atoms with Gasteiger partial charge in [-0.2, -0.15) is 0 Å². The molecular formula is C12H17N. The Hall–Kier alpha value is -1.11. The summed E-state index contributed by atoms with van der Waals surface area (Å²) in [7, 11) is 0. The number of rotatable bonds is 2. The van der Waals surface area contributed by atoms with Crippen molar-refractivity contribution in [2.24, 2.45) is 10.4 Å². The van der Waals surface area contributed by atoms with Gasteiger partial charge in [-0.15, -0.1) is 0 Å². The molecule has 1 heteroatoms. The van der Waals surface area contributed by atoms with Gasteiger partial charge in [-0.05, 0) is 18.1 Å². The normalized spacial score (nSPS) is 20.4. The minimum Gasteiger partial charge on any atom is -0.268 e. The van der Waals surface area contributed by atoms with Crippen LogP contribution in [0.4, 0.5) is 0 Å². The van der Waals surface area contributed by atoms with Crippen LogP contribution in [0.1, 0.15) is 27.2 Å². The zero-order valence-electron chi connectivity index (χ0n) is 8.62. The van der Waals surface area contributed by atoms with Crippen LogP contribution < -0.4 is 0 Å². The smallest absolute Gasteiger partial charge is 0.0270 e. The van der Waals surface area contributed by atoms with E-state index in [0.29, 0.717) is 0 Å². The summed E-state index contributed by atoms with van der Waals surface area (Å²) in [5.41, 5.74) is 1.31. The predicted octanol–water partition coefficient (Wildman–Crippen LogP) is 3.50. The molecule has 13 heavy (non-hydrogen) atoms. The molecule has 0 unspecified atom stereocenters. The molecule has 1 rings (SSSR count). The number of hydrogen-bond donors (Lipinski definition) is 0. The van der Waals surface area contributed by atoms with E-state index in [1.54, 1.807) is 0 Å². The number of nitrogens with zero attached hydrogens (tertiary/aromatic N) is 1. The Morgan fingerprint density at radius 2 is 2.23 bits per heavy atom. The molecule has 0 radical (unpaired) electrons. The second-order valence-electron chi connectivity index (χ2n) is 3.87. The molecule has 0 N–H and O–H groups in total. The van der Waals surface area contributed by atoms with Crippen LogP contribution >= 0.6 is 0 Å². The largest absolute Gasteiger partial charge is 0.268 e. The Labute approximate surface area is 80.6 Å². The monoisotopic (exact) mass is 175 g/mol. The summed E-state index contributed by atoms with van der Waals surface area (Å²) in [5, 5.41) is 0. The zero-order chi connectivity index (χ0) is 9.73. The Bertz CT molecular complexity index is 277. The molecule has 70 valence electrons. The van der Waals surface area contributed by atoms with Crippen LogP contribution in [-0.2, 0) is 0 Å². The summed E-state index contributed by atoms with van der Waals surface area (Å²) < 4.78 is 0. The van der Waals surface area contributed by atoms with E-state index in [1.165, 1.54) is 5.57 Å². The Balaban J connectivity index is 2.85. The Morgan fingerprint density at radius 3 is 2.92 bits per heavy atom. The number of aliphatic imine (C=N–C) groups is 1. The quantitative estimate of drug-likeness (QED) is 0.609. The topological polar surface area (TPSA) is 12.4 Å². The molecule has 1 nitrogen and oxygen atoms in total. The predicted molar refractivity (Wildman–Crippen MR) is 58.9 cm³/mol. The van der Waals surface area contributed by atoms with Crippen LogP contribution in [0.5, 0.6) is 0 Å². The van der Waals surface area contributed by atoms with Gasteiger partial charge in [0, 0.05) is 17.8 Å². The van der Waals surface area contributed by atoms with Gasteiger partial charge in [0.15, 0.2) is 0 Å². The molecule has 0 aromatic rings. The van der Waals surface area contributed by atoms with E-state index in [2.05, 4.69) is 44.0 Å². The van der Waals surface area contributed by atoms with E-state index < -0.39 is 0 Å². The summed E-state index contributed by atoms with van der Waals surface area (Å²) in [5.74, 6) is 0. The third-order valence-corrected chi connectivity index (χ3v) is 1.85. The van der Waals surface area contributed by atoms with Crippen LogP contribution in [0, 0.1) is 5.41 Å². The molecule has 0 atom stereocenters. The van der Waals surface area contributed by atoms with Gasteiger partial charge in [0.1, 0.15) is 0 Å². The lowest BCUT2D eigenvalue weighted by atomic mass is 9.92. The third-order valence-electron chi connectivity index (χ3n) is 1.85. The highest BCUT2D eigenvalue weighted by Crippen LogP contribution is 2.20. The lowest BCUT2D eigenvalue weighted by molar-refractivity contribution is 0.692. The lowest BCUT2D eigenvalue weighted by Gasteiger charge is -2.12. The highest BCUT2D eigenvalue weighted by Gasteiger charge is 2.12. The molecule has 0 fully saturated rings. The van der Waals surface area contributed by atoms with Crippen molar-refractivity contribution in [2.75, 3.05) is 0 Å². The molecule has 1 heterocycles. The standard InChI is InChI=1S/C12H17N/c1-4-5-6-11-7-8-13-10-12(2,3)9-11/h5-10H,4H2,1-3H3/b6-5+. The summed E-state index contributed by atoms with van der Waals surface area (Å²) in [4.78, 5) is 4.19. The Kier molecular flexibility index (Phi) is 3.24. The van der Waals surface area contributed by atoms with Gasteiger partial charge < -0.3 is 0 Å². The summed E-state index contributed by atoms with van der Waals surface area (Å²) >= 11 is 0. The molecule has 1 aliphatic rings. The van der Waals surface area contributed by atoms with Crippen molar-refractivity contribution < 1.29 is 0 Å². The van der Waals surface area contributed by atoms with Gasteiger partial charge in [0.25, 0.3) is 0 Å². The van der Waals surface area contributed by atoms with Crippen LogP contribution in [0.15, 0.2) is 41.1 Å². The first-order valence-electron chi connectivity index (χ1n) is 4.74. The maximum Gasteiger partial charge on any atom is 0.0270 e. The second-order valence-corrected chi connectivity index (χ2v) is 3.87. The van der Waals surface area contributed by atoms with Gasteiger partial charge in [-0.1, -0.05) is 39.0 Å². The van der Waals surface area contributed by atoms with E-state index in [4.69, 9.17) is 0 Å². The van der Waals surface area contributed by atoms with Crippen molar-refractivity contribution >= 4 is 6.21 Å². The van der Waals surface area contributed by atoms with Gasteiger partial charge in [0.2, 0.25) is 0 Å². The zero-order valence-corrected chi connectivity index (χ0v) is 8.62. The summed E-state index contributed by atoms with van der Waals surface area (Å²) in [6.07, 6.45) is 13.5. The van der Waals surface area contributed by atoms with Crippen molar-refractivity contribution in [3.05, 3.63) is 36.1 Å². The number of allylic oxidation sites excluding steroid dienone is 5. The Morgan fingerprint density at radius 1 is 1.46 bits per heavy atom. The van der Waals surface area contributed by atoms with Crippen molar-refractivity contribution in [2.45, 2.75) is 27.2 Å². The lowest BCUT2D eigenvalue weighted by Crippen LogP contribution is -2.08. The average molecular weight is 175 g/mol. The van der Waals surface area contributed by atoms with Crippen molar-refractivity contribution in [1.82, 2.24) is 0 Å². The fourth-order valence-electron chi connectivity index (χ4n) is 1.24. The first-order chi connectivity index (χ1) is 6.14. The molecule has 0 saturated carbocycles. The van der Waals surface area contributed by atoms with E-state index in [0.717, 1.165) is 6.42 Å². The molecule has 0 amide bonds. The van der Waals surface area contributed by atoms with Crippen LogP contribution in [0.2, 0.25) is 0 Å². The summed E-state index contributed by atoms with van der Waals surface area (Å²) in [6.45, 7) is 6.45. The van der Waals surface area contributed by atoms with Gasteiger partial charge in [0.05, 0.1) is 0 Å². The average Bonchev–Trinajstić information content (AvgIpc) is 2.22. The minimum atomic E-state index is 0.0664. The summed E-state index contributed by atoms with van der Waals surface area (Å²) in [6, 6.07) is 0. The highest BCUT2D eigenvalue weighted by atomic mass is 14.7. The highest BCUT2D eigenvalue weighted by molar-refractivity contribution is 5.70. The van der Waals surface area contributed by atoms with Crippen LogP contribution in [0.3, 0.4) is 0 Å². The molecule has 0 bridgehead atoms. The van der Waals surface area contributed by atoms with Crippen LogP contribution in [0.25, 0.3) is 0 Å². The third kappa shape index (κ3) is 3.41. The first-order valence-corrected chi connectivity index (χ1v) is 4.74.